The van der Waals surface area contributed by atoms with Crippen LogP contribution >= 0.6 is 0 Å². The maximum absolute atomic E-state index is 12.9. The van der Waals surface area contributed by atoms with Crippen molar-refractivity contribution in [2.45, 2.75) is 91.1 Å². The quantitative estimate of drug-likeness (QED) is 0.391. The van der Waals surface area contributed by atoms with Crippen molar-refractivity contribution in [1.29, 1.82) is 0 Å². The Bertz CT molecular complexity index is 526. The predicted octanol–water partition coefficient (Wildman–Crippen LogP) is 0.645. The lowest BCUT2D eigenvalue weighted by Crippen LogP contribution is -2.58. The average molecular weight is 399 g/mol. The van der Waals surface area contributed by atoms with E-state index in [0.717, 1.165) is 19.3 Å². The van der Waals surface area contributed by atoms with Gasteiger partial charge in [0.1, 0.15) is 18.3 Å². The third-order valence-corrected chi connectivity index (χ3v) is 5.20. The molecule has 28 heavy (non-hydrogen) atoms. The summed E-state index contributed by atoms with van der Waals surface area (Å²) >= 11 is 0. The summed E-state index contributed by atoms with van der Waals surface area (Å²) in [6.07, 6.45) is 2.94. The van der Waals surface area contributed by atoms with Crippen LogP contribution in [0.25, 0.3) is 0 Å². The van der Waals surface area contributed by atoms with Crippen LogP contribution < -0.4 is 21.3 Å². The molecule has 1 heterocycles. The number of aliphatic hydroxyl groups is 1. The smallest absolute Gasteiger partial charge is 0.243 e. The molecule has 5 N–H and O–H groups in total. The molecule has 0 spiro atoms. The van der Waals surface area contributed by atoms with Gasteiger partial charge in [0.25, 0.3) is 0 Å². The van der Waals surface area contributed by atoms with Crippen LogP contribution in [0, 0.1) is 11.8 Å². The minimum absolute atomic E-state index is 0.0560. The molecule has 1 rings (SSSR count). The molecule has 0 bridgehead atoms. The van der Waals surface area contributed by atoms with Crippen LogP contribution in [0.3, 0.4) is 0 Å². The Kier molecular flexibility index (Phi) is 10.5. The lowest BCUT2D eigenvalue weighted by atomic mass is 9.96. The molecule has 5 atom stereocenters. The first kappa shape index (κ1) is 24.4. The molecule has 0 saturated carbocycles. The van der Waals surface area contributed by atoms with Crippen molar-refractivity contribution < 1.29 is 19.5 Å². The molecule has 0 aromatic rings. The van der Waals surface area contributed by atoms with E-state index >= 15 is 0 Å². The highest BCUT2D eigenvalue weighted by atomic mass is 16.3. The maximum Gasteiger partial charge on any atom is 0.243 e. The molecule has 3 amide bonds. The first-order valence-electron chi connectivity index (χ1n) is 10.4. The Morgan fingerprint density at radius 3 is 2.36 bits per heavy atom. The summed E-state index contributed by atoms with van der Waals surface area (Å²) < 4.78 is 0. The van der Waals surface area contributed by atoms with Gasteiger partial charge in [-0.1, -0.05) is 34.1 Å². The molecular formula is C20H38N4O4. The van der Waals surface area contributed by atoms with Crippen molar-refractivity contribution in [3.8, 4) is 0 Å². The maximum atomic E-state index is 12.9. The third-order valence-electron chi connectivity index (χ3n) is 5.20. The Balaban J connectivity index is 2.85. The van der Waals surface area contributed by atoms with Crippen molar-refractivity contribution >= 4 is 17.7 Å². The zero-order valence-corrected chi connectivity index (χ0v) is 17.9. The van der Waals surface area contributed by atoms with Crippen molar-refractivity contribution in [3.63, 3.8) is 0 Å². The van der Waals surface area contributed by atoms with E-state index < -0.39 is 18.3 Å². The summed E-state index contributed by atoms with van der Waals surface area (Å²) in [6.45, 7) is 9.90. The second-order valence-corrected chi connectivity index (χ2v) is 8.26. The summed E-state index contributed by atoms with van der Waals surface area (Å²) in [4.78, 5) is 37.2. The summed E-state index contributed by atoms with van der Waals surface area (Å²) in [5.74, 6) is -0.807. The van der Waals surface area contributed by atoms with Crippen molar-refractivity contribution in [3.05, 3.63) is 0 Å². The number of nitrogens with one attached hydrogen (secondary N) is 4. The van der Waals surface area contributed by atoms with Crippen LogP contribution in [0.5, 0.6) is 0 Å². The van der Waals surface area contributed by atoms with Crippen molar-refractivity contribution in [1.82, 2.24) is 21.3 Å². The summed E-state index contributed by atoms with van der Waals surface area (Å²) in [6, 6.07) is -1.79. The van der Waals surface area contributed by atoms with Gasteiger partial charge in [-0.25, -0.2) is 0 Å². The summed E-state index contributed by atoms with van der Waals surface area (Å²) in [5.41, 5.74) is 0. The molecule has 0 aliphatic carbocycles. The van der Waals surface area contributed by atoms with Crippen LogP contribution in [0.1, 0.15) is 66.7 Å². The zero-order valence-electron chi connectivity index (χ0n) is 17.9. The number of hydrogen-bond donors (Lipinski definition) is 5. The first-order valence-corrected chi connectivity index (χ1v) is 10.4. The highest BCUT2D eigenvalue weighted by Gasteiger charge is 2.31. The standard InChI is InChI=1S/C20H38N4O4/c1-6-13(4)17(22-14(5)25)20(28)24-16(11-12(2)3)19(27)23-15-9-7-8-10-21-18(15)26/h12-13,15-18,21,26H,6-11H2,1-5H3,(H,22,25)(H,23,27)(H,24,28)/t13-,15-,16-,17-,18?/m0/s1. The van der Waals surface area contributed by atoms with Gasteiger partial charge >= 0.3 is 0 Å². The Hall–Kier alpha value is -1.67. The lowest BCUT2D eigenvalue weighted by Gasteiger charge is -2.29. The van der Waals surface area contributed by atoms with Gasteiger partial charge in [-0.05, 0) is 44.1 Å². The fourth-order valence-electron chi connectivity index (χ4n) is 3.36. The minimum atomic E-state index is -0.797. The molecule has 1 aliphatic rings. The van der Waals surface area contributed by atoms with E-state index in [1.54, 1.807) is 0 Å². The van der Waals surface area contributed by atoms with Crippen LogP contribution in [0.4, 0.5) is 0 Å². The van der Waals surface area contributed by atoms with Gasteiger partial charge in [0.05, 0.1) is 6.04 Å². The van der Waals surface area contributed by atoms with Crippen LogP contribution in [0.2, 0.25) is 0 Å². The van der Waals surface area contributed by atoms with Crippen molar-refractivity contribution in [2.75, 3.05) is 6.54 Å². The number of rotatable bonds is 9. The average Bonchev–Trinajstić information content (AvgIpc) is 2.82. The Morgan fingerprint density at radius 1 is 1.11 bits per heavy atom. The van der Waals surface area contributed by atoms with Crippen LogP contribution in [-0.4, -0.2) is 53.7 Å². The fourth-order valence-corrected chi connectivity index (χ4v) is 3.36. The molecular weight excluding hydrogens is 360 g/mol. The van der Waals surface area contributed by atoms with Gasteiger partial charge in [0.2, 0.25) is 17.7 Å². The molecule has 8 heteroatoms. The van der Waals surface area contributed by atoms with E-state index in [0.29, 0.717) is 19.4 Å². The van der Waals surface area contributed by atoms with E-state index in [-0.39, 0.29) is 35.6 Å². The van der Waals surface area contributed by atoms with E-state index in [2.05, 4.69) is 21.3 Å². The molecule has 8 nitrogen and oxygen atoms in total. The van der Waals surface area contributed by atoms with Crippen LogP contribution in [-0.2, 0) is 14.4 Å². The molecule has 162 valence electrons. The van der Waals surface area contributed by atoms with Gasteiger partial charge in [-0.15, -0.1) is 0 Å². The molecule has 0 aromatic heterocycles. The van der Waals surface area contributed by atoms with Crippen LogP contribution in [0.15, 0.2) is 0 Å². The van der Waals surface area contributed by atoms with E-state index in [9.17, 15) is 19.5 Å². The molecule has 1 saturated heterocycles. The zero-order chi connectivity index (χ0) is 21.3. The van der Waals surface area contributed by atoms with Gasteiger partial charge in [0.15, 0.2) is 0 Å². The minimum Gasteiger partial charge on any atom is -0.376 e. The van der Waals surface area contributed by atoms with Gasteiger partial charge < -0.3 is 21.1 Å². The Morgan fingerprint density at radius 2 is 1.79 bits per heavy atom. The molecule has 0 radical (unpaired) electrons. The monoisotopic (exact) mass is 398 g/mol. The third kappa shape index (κ3) is 8.14. The highest BCUT2D eigenvalue weighted by molar-refractivity contribution is 5.92. The molecule has 0 aromatic carbocycles. The fraction of sp³-hybridized carbons (Fsp3) is 0.850. The second-order valence-electron chi connectivity index (χ2n) is 8.26. The summed E-state index contributed by atoms with van der Waals surface area (Å²) in [5, 5.41) is 21.6. The highest BCUT2D eigenvalue weighted by Crippen LogP contribution is 2.13. The number of carbonyl (C=O) groups excluding carboxylic acids is 3. The second kappa shape index (κ2) is 12.0. The molecule has 1 unspecified atom stereocenters. The topological polar surface area (TPSA) is 120 Å². The van der Waals surface area contributed by atoms with Crippen molar-refractivity contribution in [2.24, 2.45) is 11.8 Å². The normalized spacial score (nSPS) is 23.2. The first-order chi connectivity index (χ1) is 13.1. The predicted molar refractivity (Wildman–Crippen MR) is 108 cm³/mol. The molecule has 1 fully saturated rings. The summed E-state index contributed by atoms with van der Waals surface area (Å²) in [7, 11) is 0. The van der Waals surface area contributed by atoms with E-state index in [1.165, 1.54) is 6.92 Å². The van der Waals surface area contributed by atoms with Gasteiger partial charge in [-0.2, -0.15) is 0 Å². The van der Waals surface area contributed by atoms with Gasteiger partial charge in [-0.3, -0.25) is 19.7 Å². The SMILES string of the molecule is CC[C@H](C)[C@H](NC(C)=O)C(=O)N[C@@H](CC(C)C)C(=O)N[C@H]1CCCCNC1O. The van der Waals surface area contributed by atoms with Gasteiger partial charge in [0, 0.05) is 6.92 Å². The number of hydrogen-bond acceptors (Lipinski definition) is 5. The number of carbonyl (C=O) groups is 3. The molecule has 1 aliphatic heterocycles. The lowest BCUT2D eigenvalue weighted by molar-refractivity contribution is -0.133. The largest absolute Gasteiger partial charge is 0.376 e. The number of amides is 3. The Labute approximate surface area is 168 Å². The number of aliphatic hydroxyl groups excluding tert-OH is 1. The van der Waals surface area contributed by atoms with E-state index in [4.69, 9.17) is 0 Å². The van der Waals surface area contributed by atoms with E-state index in [1.807, 2.05) is 27.7 Å².